The third-order valence-corrected chi connectivity index (χ3v) is 6.05. The van der Waals surface area contributed by atoms with E-state index in [1.54, 1.807) is 12.1 Å². The molecule has 1 heterocycles. The predicted octanol–water partition coefficient (Wildman–Crippen LogP) is 6.04. The van der Waals surface area contributed by atoms with E-state index in [1.165, 1.54) is 18.3 Å². The Hall–Kier alpha value is -3.02. The molecular weight excluding hydrogens is 478 g/mol. The van der Waals surface area contributed by atoms with Gasteiger partial charge in [0, 0.05) is 32.4 Å². The van der Waals surface area contributed by atoms with Gasteiger partial charge in [-0.25, -0.2) is 0 Å². The van der Waals surface area contributed by atoms with E-state index in [9.17, 15) is 10.1 Å². The number of ether oxygens (including phenoxy) is 3. The fourth-order valence-electron chi connectivity index (χ4n) is 2.93. The van der Waals surface area contributed by atoms with E-state index in [4.69, 9.17) is 31.1 Å². The summed E-state index contributed by atoms with van der Waals surface area (Å²) in [6.45, 7) is 7.10. The lowest BCUT2D eigenvalue weighted by molar-refractivity contribution is -0.140. The van der Waals surface area contributed by atoms with Gasteiger partial charge < -0.3 is 19.1 Å². The van der Waals surface area contributed by atoms with Crippen molar-refractivity contribution in [2.45, 2.75) is 33.5 Å². The largest absolute Gasteiger partial charge is 0.464 e. The molecule has 0 N–H and O–H groups in total. The fraction of sp³-hybridized carbons (Fsp3) is 0.435. The van der Waals surface area contributed by atoms with Crippen molar-refractivity contribution < 1.29 is 19.0 Å². The fourth-order valence-corrected chi connectivity index (χ4v) is 4.28. The maximum absolute atomic E-state index is 11.0. The number of nitrogens with zero attached hydrogens (tertiary/aromatic N) is 5. The summed E-state index contributed by atoms with van der Waals surface area (Å²) in [6, 6.07) is 11.4. The second kappa shape index (κ2) is 14.3. The van der Waals surface area contributed by atoms with Crippen LogP contribution in [-0.2, 0) is 19.0 Å². The minimum Gasteiger partial charge on any atom is -0.464 e. The predicted molar refractivity (Wildman–Crippen MR) is 130 cm³/mol. The van der Waals surface area contributed by atoms with Gasteiger partial charge in [-0.05, 0) is 38.1 Å². The van der Waals surface area contributed by atoms with Gasteiger partial charge in [-0.2, -0.15) is 10.5 Å². The van der Waals surface area contributed by atoms with Crippen molar-refractivity contribution in [1.29, 1.82) is 10.5 Å². The summed E-state index contributed by atoms with van der Waals surface area (Å²) in [7, 11) is 0. The number of azo groups is 1. The topological polar surface area (TPSA) is 120 Å². The first-order valence-electron chi connectivity index (χ1n) is 10.7. The molecule has 0 aliphatic carbocycles. The monoisotopic (exact) mass is 503 g/mol. The van der Waals surface area contributed by atoms with Crippen molar-refractivity contribution >= 4 is 45.3 Å². The molecule has 0 aliphatic rings. The summed E-state index contributed by atoms with van der Waals surface area (Å²) >= 11 is 7.60. The van der Waals surface area contributed by atoms with Crippen LogP contribution in [0, 0.1) is 22.7 Å². The Kier molecular flexibility index (Phi) is 11.4. The van der Waals surface area contributed by atoms with Crippen molar-refractivity contribution in [3.63, 3.8) is 0 Å². The molecule has 0 saturated heterocycles. The minimum atomic E-state index is -0.672. The molecule has 0 atom stereocenters. The van der Waals surface area contributed by atoms with E-state index in [0.717, 1.165) is 5.69 Å². The minimum absolute atomic E-state index is 0.222. The van der Waals surface area contributed by atoms with E-state index < -0.39 is 6.29 Å². The number of esters is 1. The molecule has 0 unspecified atom stereocenters. The van der Waals surface area contributed by atoms with Crippen LogP contribution in [0.3, 0.4) is 0 Å². The number of nitriles is 2. The molecule has 11 heteroatoms. The first-order valence-corrected chi connectivity index (χ1v) is 11.9. The smallest absolute Gasteiger partial charge is 0.302 e. The highest BCUT2D eigenvalue weighted by Crippen LogP contribution is 2.43. The summed E-state index contributed by atoms with van der Waals surface area (Å²) in [5, 5.41) is 27.6. The van der Waals surface area contributed by atoms with Crippen molar-refractivity contribution in [1.82, 2.24) is 0 Å². The molecule has 0 spiro atoms. The highest BCUT2D eigenvalue weighted by atomic mass is 35.5. The third-order valence-electron chi connectivity index (χ3n) is 4.45. The molecular formula is C23H26ClN5O4S. The molecule has 1 aromatic carbocycles. The van der Waals surface area contributed by atoms with Gasteiger partial charge in [-0.1, -0.05) is 11.6 Å². The SMILES string of the molecule is CCOC(OCC)c1sc(N=Nc2ccc(N(CCC#N)CCOC(C)=O)cc2)c(C#N)c1Cl. The average Bonchev–Trinajstić information content (AvgIpc) is 3.15. The number of benzene rings is 1. The van der Waals surface area contributed by atoms with E-state index in [-0.39, 0.29) is 23.2 Å². The van der Waals surface area contributed by atoms with Crippen molar-refractivity contribution in [2.24, 2.45) is 10.2 Å². The standard InChI is InChI=1S/C23H26ClN5O4S/c1-4-31-23(32-5-2)21-20(24)19(15-26)22(34-21)28-27-17-7-9-18(10-8-17)29(12-6-11-25)13-14-33-16(3)30/h7-10,23H,4-6,12-14H2,1-3H3. The number of hydrogen-bond acceptors (Lipinski definition) is 10. The van der Waals surface area contributed by atoms with Gasteiger partial charge in [-0.3, -0.25) is 4.79 Å². The molecule has 0 amide bonds. The van der Waals surface area contributed by atoms with E-state index in [2.05, 4.69) is 22.4 Å². The molecule has 0 bridgehead atoms. The molecule has 0 fully saturated rings. The lowest BCUT2D eigenvalue weighted by atomic mass is 10.2. The van der Waals surface area contributed by atoms with Crippen LogP contribution in [0.25, 0.3) is 0 Å². The van der Waals surface area contributed by atoms with Gasteiger partial charge in [0.15, 0.2) is 11.3 Å². The highest BCUT2D eigenvalue weighted by Gasteiger charge is 2.24. The molecule has 34 heavy (non-hydrogen) atoms. The number of hydrogen-bond donors (Lipinski definition) is 0. The first kappa shape index (κ1) is 27.2. The van der Waals surface area contributed by atoms with Gasteiger partial charge in [0.1, 0.15) is 18.2 Å². The molecule has 2 aromatic rings. The lowest BCUT2D eigenvalue weighted by Gasteiger charge is -2.23. The van der Waals surface area contributed by atoms with Crippen LogP contribution < -0.4 is 4.90 Å². The Morgan fingerprint density at radius 3 is 2.38 bits per heavy atom. The van der Waals surface area contributed by atoms with Crippen LogP contribution in [0.1, 0.15) is 43.9 Å². The van der Waals surface area contributed by atoms with Crippen molar-refractivity contribution in [3.05, 3.63) is 39.7 Å². The summed E-state index contributed by atoms with van der Waals surface area (Å²) in [4.78, 5) is 13.6. The summed E-state index contributed by atoms with van der Waals surface area (Å²) in [5.41, 5.74) is 1.65. The molecule has 0 radical (unpaired) electrons. The van der Waals surface area contributed by atoms with Gasteiger partial charge in [-0.15, -0.1) is 21.6 Å². The van der Waals surface area contributed by atoms with Crippen LogP contribution in [0.15, 0.2) is 34.5 Å². The number of halogens is 1. The summed E-state index contributed by atoms with van der Waals surface area (Å²) in [6.07, 6.45) is -0.334. The van der Waals surface area contributed by atoms with Crippen LogP contribution in [-0.4, -0.2) is 38.9 Å². The summed E-state index contributed by atoms with van der Waals surface area (Å²) < 4.78 is 16.2. The van der Waals surface area contributed by atoms with Crippen molar-refractivity contribution in [3.8, 4) is 12.1 Å². The highest BCUT2D eigenvalue weighted by molar-refractivity contribution is 7.16. The zero-order valence-corrected chi connectivity index (χ0v) is 20.9. The zero-order chi connectivity index (χ0) is 24.9. The Morgan fingerprint density at radius 2 is 1.82 bits per heavy atom. The number of rotatable bonds is 13. The third kappa shape index (κ3) is 7.79. The number of carbonyl (C=O) groups is 1. The Labute approximate surface area is 208 Å². The second-order valence-corrected chi connectivity index (χ2v) is 8.18. The lowest BCUT2D eigenvalue weighted by Crippen LogP contribution is -2.28. The van der Waals surface area contributed by atoms with Crippen LogP contribution in [0.5, 0.6) is 0 Å². The van der Waals surface area contributed by atoms with Gasteiger partial charge >= 0.3 is 5.97 Å². The van der Waals surface area contributed by atoms with Crippen LogP contribution in [0.2, 0.25) is 5.02 Å². The van der Waals surface area contributed by atoms with E-state index >= 15 is 0 Å². The molecule has 9 nitrogen and oxygen atoms in total. The quantitative estimate of drug-likeness (QED) is 0.185. The Bertz CT molecular complexity index is 1050. The molecule has 1 aromatic heterocycles. The number of anilines is 1. The maximum atomic E-state index is 11.0. The van der Waals surface area contributed by atoms with Crippen molar-refractivity contribution in [2.75, 3.05) is 37.8 Å². The second-order valence-electron chi connectivity index (χ2n) is 6.77. The Morgan fingerprint density at radius 1 is 1.15 bits per heavy atom. The van der Waals surface area contributed by atoms with E-state index in [0.29, 0.717) is 48.3 Å². The molecule has 2 rings (SSSR count). The molecule has 0 aliphatic heterocycles. The van der Waals surface area contributed by atoms with Crippen LogP contribution >= 0.6 is 22.9 Å². The molecule has 180 valence electrons. The Balaban J connectivity index is 2.20. The van der Waals surface area contributed by atoms with Gasteiger partial charge in [0.2, 0.25) is 0 Å². The zero-order valence-electron chi connectivity index (χ0n) is 19.3. The maximum Gasteiger partial charge on any atom is 0.302 e. The molecule has 0 saturated carbocycles. The number of thiophene rings is 1. The average molecular weight is 504 g/mol. The van der Waals surface area contributed by atoms with Gasteiger partial charge in [0.05, 0.1) is 34.6 Å². The number of carbonyl (C=O) groups excluding carboxylic acids is 1. The summed E-state index contributed by atoms with van der Waals surface area (Å²) in [5.74, 6) is -0.349. The van der Waals surface area contributed by atoms with Gasteiger partial charge in [0.25, 0.3) is 0 Å². The normalized spacial score (nSPS) is 10.9. The first-order chi connectivity index (χ1) is 16.4. The van der Waals surface area contributed by atoms with Crippen LogP contribution in [0.4, 0.5) is 16.4 Å². The van der Waals surface area contributed by atoms with E-state index in [1.807, 2.05) is 30.9 Å².